The van der Waals surface area contributed by atoms with Crippen molar-refractivity contribution in [3.8, 4) is 17.6 Å². The summed E-state index contributed by atoms with van der Waals surface area (Å²) in [5, 5.41) is 22.7. The second kappa shape index (κ2) is 12.4. The maximum absolute atomic E-state index is 13.1. The van der Waals surface area contributed by atoms with Crippen molar-refractivity contribution in [2.24, 2.45) is 5.10 Å². The molecule has 0 radical (unpaired) electrons. The largest absolute Gasteiger partial charge is 0.465 e. The summed E-state index contributed by atoms with van der Waals surface area (Å²) in [6.07, 6.45) is -5.71. The summed E-state index contributed by atoms with van der Waals surface area (Å²) in [5.41, 5.74) is 2.42. The van der Waals surface area contributed by atoms with Crippen molar-refractivity contribution in [1.82, 2.24) is 10.2 Å². The molecule has 4 rings (SSSR count). The number of nitriles is 1. The van der Waals surface area contributed by atoms with Gasteiger partial charge in [-0.25, -0.2) is 4.79 Å². The number of alkyl halides is 3. The first-order chi connectivity index (χ1) is 19.8. The van der Waals surface area contributed by atoms with E-state index in [1.165, 1.54) is 46.6 Å². The Morgan fingerprint density at radius 3 is 2.48 bits per heavy atom. The molecule has 3 amide bonds. The van der Waals surface area contributed by atoms with Gasteiger partial charge in [0.1, 0.15) is 11.8 Å². The quantitative estimate of drug-likeness (QED) is 0.214. The second-order valence-corrected chi connectivity index (χ2v) is 9.62. The lowest BCUT2D eigenvalue weighted by atomic mass is 9.98. The van der Waals surface area contributed by atoms with Crippen LogP contribution in [0.1, 0.15) is 27.0 Å². The number of carbonyl (C=O) groups excluding carboxylic acids is 2. The van der Waals surface area contributed by atoms with Gasteiger partial charge in [-0.15, -0.1) is 0 Å². The molecule has 1 aliphatic rings. The van der Waals surface area contributed by atoms with Gasteiger partial charge in [0.2, 0.25) is 5.71 Å². The second-order valence-electron chi connectivity index (χ2n) is 8.81. The first kappa shape index (κ1) is 30.2. The molecule has 0 aliphatic carbocycles. The highest BCUT2D eigenvalue weighted by Gasteiger charge is 2.31. The van der Waals surface area contributed by atoms with Gasteiger partial charge in [0.05, 0.1) is 21.3 Å². The van der Waals surface area contributed by atoms with Crippen LogP contribution in [-0.4, -0.2) is 40.2 Å². The van der Waals surface area contributed by atoms with Crippen molar-refractivity contribution in [2.75, 3.05) is 12.0 Å². The van der Waals surface area contributed by atoms with Crippen molar-refractivity contribution >= 4 is 52.5 Å². The monoisotopic (exact) mass is 619 g/mol. The highest BCUT2D eigenvalue weighted by molar-refractivity contribution is 6.46. The molecule has 0 spiro atoms. The van der Waals surface area contributed by atoms with E-state index >= 15 is 0 Å². The number of hydrogen-bond acceptors (Lipinski definition) is 7. The number of ether oxygens (including phenoxy) is 1. The summed E-state index contributed by atoms with van der Waals surface area (Å²) in [5.74, 6) is -1.20. The number of imide groups is 1. The zero-order valence-corrected chi connectivity index (χ0v) is 22.6. The van der Waals surface area contributed by atoms with Gasteiger partial charge in [0.25, 0.3) is 11.8 Å². The standard InChI is InChI=1S/C27H18Cl2F3N5O5/c28-20-10-17(35-36-22(12-33)24(38)34-26(40)41)11-21(29)23(20)42-18-4-5-19-15(9-18)6-7-37(25(19)39)13-14-2-1-3-16(8-14)27(30,31)32/h1-5,8-11,35H,6-7,13H2,(H,34,38)(H,40,41). The Morgan fingerprint density at radius 2 is 1.83 bits per heavy atom. The number of hydrazone groups is 1. The van der Waals surface area contributed by atoms with Crippen LogP contribution in [0, 0.1) is 11.3 Å². The normalized spacial score (nSPS) is 13.2. The van der Waals surface area contributed by atoms with Crippen LogP contribution in [0.2, 0.25) is 10.0 Å². The molecule has 0 unspecified atom stereocenters. The van der Waals surface area contributed by atoms with Crippen LogP contribution in [0.4, 0.5) is 23.7 Å². The SMILES string of the molecule is N#CC(=NNc1cc(Cl)c(Oc2ccc3c(c2)CCN(Cc2cccc(C(F)(F)F)c2)C3=O)c(Cl)c1)C(=O)NC(=O)O. The number of carbonyl (C=O) groups is 3. The van der Waals surface area contributed by atoms with Crippen LogP contribution >= 0.6 is 23.2 Å². The molecular formula is C27H18Cl2F3N5O5. The van der Waals surface area contributed by atoms with E-state index in [4.69, 9.17) is 38.3 Å². The Kier molecular flexibility index (Phi) is 8.89. The lowest BCUT2D eigenvalue weighted by Gasteiger charge is -2.29. The maximum Gasteiger partial charge on any atom is 0.416 e. The minimum Gasteiger partial charge on any atom is -0.465 e. The number of nitrogens with one attached hydrogen (secondary N) is 2. The molecule has 0 fully saturated rings. The molecule has 0 atom stereocenters. The van der Waals surface area contributed by atoms with Crippen molar-refractivity contribution < 1.29 is 37.4 Å². The van der Waals surface area contributed by atoms with Crippen molar-refractivity contribution in [2.45, 2.75) is 19.1 Å². The molecule has 0 saturated heterocycles. The first-order valence-corrected chi connectivity index (χ1v) is 12.6. The predicted octanol–water partition coefficient (Wildman–Crippen LogP) is 6.09. The van der Waals surface area contributed by atoms with E-state index in [0.717, 1.165) is 12.1 Å². The highest BCUT2D eigenvalue weighted by Crippen LogP contribution is 2.39. The molecule has 1 heterocycles. The number of anilines is 1. The third-order valence-electron chi connectivity index (χ3n) is 5.93. The van der Waals surface area contributed by atoms with Crippen molar-refractivity contribution in [3.63, 3.8) is 0 Å². The Bertz CT molecular complexity index is 1630. The molecular weight excluding hydrogens is 602 g/mol. The molecule has 216 valence electrons. The van der Waals surface area contributed by atoms with E-state index in [1.807, 2.05) is 0 Å². The third kappa shape index (κ3) is 7.09. The summed E-state index contributed by atoms with van der Waals surface area (Å²) >= 11 is 12.6. The number of benzene rings is 3. The van der Waals surface area contributed by atoms with E-state index in [0.29, 0.717) is 28.9 Å². The first-order valence-electron chi connectivity index (χ1n) is 11.9. The fourth-order valence-corrected chi connectivity index (χ4v) is 4.60. The maximum atomic E-state index is 13.1. The average Bonchev–Trinajstić information content (AvgIpc) is 2.92. The topological polar surface area (TPSA) is 144 Å². The molecule has 0 saturated carbocycles. The average molecular weight is 620 g/mol. The summed E-state index contributed by atoms with van der Waals surface area (Å²) in [4.78, 5) is 36.8. The van der Waals surface area contributed by atoms with Crippen LogP contribution in [-0.2, 0) is 23.9 Å². The van der Waals surface area contributed by atoms with Gasteiger partial charge in [0.15, 0.2) is 5.75 Å². The van der Waals surface area contributed by atoms with Gasteiger partial charge in [-0.3, -0.25) is 20.3 Å². The Hall–Kier alpha value is -4.80. The van der Waals surface area contributed by atoms with Gasteiger partial charge in [-0.2, -0.15) is 23.5 Å². The predicted molar refractivity (Wildman–Crippen MR) is 146 cm³/mol. The smallest absolute Gasteiger partial charge is 0.416 e. The summed E-state index contributed by atoms with van der Waals surface area (Å²) in [6.45, 7) is 0.305. The summed E-state index contributed by atoms with van der Waals surface area (Å²) < 4.78 is 45.0. The zero-order chi connectivity index (χ0) is 30.6. The number of halogens is 5. The molecule has 1 aliphatic heterocycles. The Morgan fingerprint density at radius 1 is 1.12 bits per heavy atom. The van der Waals surface area contributed by atoms with E-state index in [-0.39, 0.29) is 40.5 Å². The van der Waals surface area contributed by atoms with Crippen LogP contribution < -0.4 is 15.5 Å². The molecule has 15 heteroatoms. The van der Waals surface area contributed by atoms with E-state index < -0.39 is 29.5 Å². The number of fused-ring (bicyclic) bond motifs is 1. The molecule has 10 nitrogen and oxygen atoms in total. The fourth-order valence-electron chi connectivity index (χ4n) is 4.04. The van der Waals surface area contributed by atoms with Crippen LogP contribution in [0.5, 0.6) is 11.5 Å². The fraction of sp³-hybridized carbons (Fsp3) is 0.148. The minimum atomic E-state index is -4.48. The van der Waals surface area contributed by atoms with E-state index in [2.05, 4.69) is 10.5 Å². The third-order valence-corrected chi connectivity index (χ3v) is 6.49. The minimum absolute atomic E-state index is 0.0229. The Balaban J connectivity index is 1.46. The van der Waals surface area contributed by atoms with Crippen LogP contribution in [0.15, 0.2) is 59.7 Å². The lowest BCUT2D eigenvalue weighted by molar-refractivity contribution is -0.137. The molecule has 0 aromatic heterocycles. The van der Waals surface area contributed by atoms with Crippen LogP contribution in [0.3, 0.4) is 0 Å². The number of nitrogens with zero attached hydrogens (tertiary/aromatic N) is 3. The van der Waals surface area contributed by atoms with E-state index in [9.17, 15) is 27.6 Å². The van der Waals surface area contributed by atoms with Gasteiger partial charge in [-0.05, 0) is 60.0 Å². The molecule has 0 bridgehead atoms. The number of hydrogen-bond donors (Lipinski definition) is 3. The summed E-state index contributed by atoms with van der Waals surface area (Å²) in [6, 6.07) is 13.7. The molecule has 42 heavy (non-hydrogen) atoms. The highest BCUT2D eigenvalue weighted by atomic mass is 35.5. The number of carboxylic acid groups (broad SMARTS) is 1. The van der Waals surface area contributed by atoms with Gasteiger partial charge in [0, 0.05) is 18.7 Å². The van der Waals surface area contributed by atoms with Gasteiger partial charge < -0.3 is 14.7 Å². The summed E-state index contributed by atoms with van der Waals surface area (Å²) in [7, 11) is 0. The molecule has 3 aromatic carbocycles. The number of rotatable bonds is 7. The van der Waals surface area contributed by atoms with Gasteiger partial charge in [-0.1, -0.05) is 35.3 Å². The molecule has 3 N–H and O–H groups in total. The van der Waals surface area contributed by atoms with Crippen molar-refractivity contribution in [1.29, 1.82) is 5.26 Å². The Labute approximate surface area is 245 Å². The lowest BCUT2D eigenvalue weighted by Crippen LogP contribution is -2.37. The van der Waals surface area contributed by atoms with Crippen LogP contribution in [0.25, 0.3) is 0 Å². The van der Waals surface area contributed by atoms with Crippen molar-refractivity contribution in [3.05, 3.63) is 86.9 Å². The molecule has 3 aromatic rings. The van der Waals surface area contributed by atoms with E-state index in [1.54, 1.807) is 12.1 Å². The number of amides is 3. The van der Waals surface area contributed by atoms with Gasteiger partial charge >= 0.3 is 12.3 Å². The zero-order valence-electron chi connectivity index (χ0n) is 21.1.